The van der Waals surface area contributed by atoms with E-state index in [9.17, 15) is 19.9 Å². The van der Waals surface area contributed by atoms with E-state index in [0.29, 0.717) is 51.4 Å². The second-order valence-corrected chi connectivity index (χ2v) is 14.8. The molecule has 3 saturated heterocycles. The number of pyridine rings is 1. The van der Waals surface area contributed by atoms with Gasteiger partial charge in [0.2, 0.25) is 12.4 Å². The summed E-state index contributed by atoms with van der Waals surface area (Å²) in [6.07, 6.45) is 3.77. The van der Waals surface area contributed by atoms with E-state index in [1.54, 1.807) is 36.4 Å². The number of piperidine rings is 3. The molecule has 0 radical (unpaired) electrons. The van der Waals surface area contributed by atoms with Crippen molar-refractivity contribution in [3.05, 3.63) is 141 Å². The van der Waals surface area contributed by atoms with Crippen LogP contribution in [0.15, 0.2) is 97.3 Å². The van der Waals surface area contributed by atoms with Gasteiger partial charge in [-0.15, -0.1) is 0 Å². The van der Waals surface area contributed by atoms with Gasteiger partial charge in [0.05, 0.1) is 32.4 Å². The second-order valence-electron chi connectivity index (χ2n) is 14.0. The molecular formula is C43H40Cl2FN3O7. The number of anilines is 1. The average molecular weight is 801 g/mol. The van der Waals surface area contributed by atoms with Gasteiger partial charge in [-0.25, -0.2) is 9.18 Å². The lowest BCUT2D eigenvalue weighted by Crippen LogP contribution is -2.53. The van der Waals surface area contributed by atoms with Crippen LogP contribution in [0.4, 0.5) is 14.9 Å². The summed E-state index contributed by atoms with van der Waals surface area (Å²) in [5, 5.41) is 23.3. The number of amides is 1. The largest absolute Gasteiger partial charge is 0.545 e. The zero-order valence-electron chi connectivity index (χ0n) is 30.8. The number of nitrogens with zero attached hydrogens (tertiary/aromatic N) is 3. The SMILES string of the molecule is COc1ccc([C@H](Cc2c(Cl)c[n+](O)cc2Cl)c2c(C(=O)[O-])cccc2-c2ccc(CN(C(=O)O[C@H]3CN4CCC3CC4)c3ccccc3F)cc2)cc1OC. The molecule has 10 nitrogen and oxygen atoms in total. The average Bonchev–Trinajstić information content (AvgIpc) is 3.20. The minimum atomic E-state index is -1.38. The Balaban J connectivity index is 1.27. The first-order valence-electron chi connectivity index (χ1n) is 18.2. The molecule has 8 rings (SSSR count). The van der Waals surface area contributed by atoms with Crippen molar-refractivity contribution in [1.29, 1.82) is 0 Å². The fourth-order valence-corrected chi connectivity index (χ4v) is 8.50. The number of methoxy groups -OCH3 is 2. The van der Waals surface area contributed by atoms with Gasteiger partial charge in [0.15, 0.2) is 11.5 Å². The van der Waals surface area contributed by atoms with E-state index >= 15 is 4.39 Å². The highest BCUT2D eigenvalue weighted by Crippen LogP contribution is 2.42. The van der Waals surface area contributed by atoms with Crippen LogP contribution >= 0.6 is 23.2 Å². The van der Waals surface area contributed by atoms with Crippen LogP contribution in [0.5, 0.6) is 11.5 Å². The number of fused-ring (bicyclic) bond motifs is 3. The number of carbonyl (C=O) groups is 2. The summed E-state index contributed by atoms with van der Waals surface area (Å²) in [4.78, 5) is 30.3. The number of hydrogen-bond acceptors (Lipinski definition) is 8. The molecule has 3 aliphatic rings. The lowest BCUT2D eigenvalue weighted by molar-refractivity contribution is -0.904. The molecule has 13 heteroatoms. The summed E-state index contributed by atoms with van der Waals surface area (Å²) in [5.74, 6) is -1.43. The molecule has 4 aromatic carbocycles. The van der Waals surface area contributed by atoms with E-state index in [-0.39, 0.29) is 46.3 Å². The van der Waals surface area contributed by atoms with Crippen LogP contribution in [-0.2, 0) is 17.7 Å². The molecule has 1 aromatic heterocycles. The lowest BCUT2D eigenvalue weighted by atomic mass is 9.79. The zero-order chi connectivity index (χ0) is 39.5. The molecule has 5 aromatic rings. The van der Waals surface area contributed by atoms with Crippen molar-refractivity contribution >= 4 is 41.0 Å². The van der Waals surface area contributed by atoms with E-state index in [1.807, 2.05) is 36.4 Å². The summed E-state index contributed by atoms with van der Waals surface area (Å²) >= 11 is 13.2. The molecule has 1 amide bonds. The number of halogens is 3. The Hall–Kier alpha value is -5.36. The fourth-order valence-electron chi connectivity index (χ4n) is 7.89. The summed E-state index contributed by atoms with van der Waals surface area (Å²) in [6.45, 7) is 2.67. The zero-order valence-corrected chi connectivity index (χ0v) is 32.3. The highest BCUT2D eigenvalue weighted by Gasteiger charge is 2.38. The Morgan fingerprint density at radius 3 is 2.27 bits per heavy atom. The number of aromatic nitrogens is 1. The van der Waals surface area contributed by atoms with E-state index in [0.717, 1.165) is 30.7 Å². The minimum Gasteiger partial charge on any atom is -0.545 e. The fraction of sp³-hybridized carbons (Fsp3) is 0.279. The molecule has 0 unspecified atom stereocenters. The van der Waals surface area contributed by atoms with Gasteiger partial charge < -0.3 is 24.1 Å². The maximum Gasteiger partial charge on any atom is 0.415 e. The van der Waals surface area contributed by atoms with Gasteiger partial charge in [-0.05, 0) is 90.4 Å². The van der Waals surface area contributed by atoms with Gasteiger partial charge in [-0.2, -0.15) is 0 Å². The molecule has 3 fully saturated rings. The Kier molecular flexibility index (Phi) is 11.7. The topological polar surface area (TPSA) is 115 Å². The standard InChI is InChI=1S/C43H40Cl2FN3O7/c1-54-38-15-14-29(20-39(38)55-2)32(21-33-34(44)23-48(53)24-35(33)45)41-30(6-5-7-31(41)42(50)51)27-12-10-26(11-13-27)22-49(37-9-4-3-8-36(37)46)43(52)56-40-25-47-18-16-28(40)17-19-47/h3-15,20,23-24,28,32,40H,16-19,21-22,25H2,1-2H3,(H-,50,51,53)/t32-,40-/m0/s1. The molecule has 2 atom stereocenters. The highest BCUT2D eigenvalue weighted by molar-refractivity contribution is 6.35. The molecule has 0 aliphatic carbocycles. The maximum absolute atomic E-state index is 15.2. The first kappa shape index (κ1) is 38.9. The number of aromatic carboxylic acids is 1. The van der Waals surface area contributed by atoms with Crippen LogP contribution in [0, 0.1) is 11.7 Å². The summed E-state index contributed by atoms with van der Waals surface area (Å²) in [6, 6.07) is 23.7. The van der Waals surface area contributed by atoms with Crippen molar-refractivity contribution < 1.29 is 43.2 Å². The number of para-hydroxylation sites is 1. The van der Waals surface area contributed by atoms with Crippen LogP contribution in [-0.4, -0.2) is 62.1 Å². The van der Waals surface area contributed by atoms with Gasteiger partial charge in [0, 0.05) is 28.3 Å². The summed E-state index contributed by atoms with van der Waals surface area (Å²) < 4.78 is 33.2. The first-order valence-corrected chi connectivity index (χ1v) is 19.0. The Morgan fingerprint density at radius 2 is 1.64 bits per heavy atom. The molecular weight excluding hydrogens is 760 g/mol. The van der Waals surface area contributed by atoms with Gasteiger partial charge in [-0.3, -0.25) is 15.0 Å². The number of ether oxygens (including phenoxy) is 3. The van der Waals surface area contributed by atoms with Gasteiger partial charge in [0.25, 0.3) is 0 Å². The monoisotopic (exact) mass is 799 g/mol. The number of benzene rings is 4. The second kappa shape index (κ2) is 16.8. The minimum absolute atomic E-state index is 0.0250. The van der Waals surface area contributed by atoms with Crippen LogP contribution in [0.3, 0.4) is 0 Å². The van der Waals surface area contributed by atoms with Crippen molar-refractivity contribution in [2.45, 2.75) is 37.8 Å². The third-order valence-corrected chi connectivity index (χ3v) is 11.4. The van der Waals surface area contributed by atoms with E-state index < -0.39 is 23.8 Å². The predicted molar refractivity (Wildman–Crippen MR) is 207 cm³/mol. The maximum atomic E-state index is 15.2. The van der Waals surface area contributed by atoms with E-state index in [2.05, 4.69) is 4.90 Å². The molecule has 3 aliphatic heterocycles. The third kappa shape index (κ3) is 8.11. The molecule has 4 heterocycles. The van der Waals surface area contributed by atoms with Crippen molar-refractivity contribution in [1.82, 2.24) is 4.90 Å². The third-order valence-electron chi connectivity index (χ3n) is 10.8. The highest BCUT2D eigenvalue weighted by atomic mass is 35.5. The molecule has 1 N–H and O–H groups in total. The van der Waals surface area contributed by atoms with Crippen LogP contribution in [0.2, 0.25) is 10.0 Å². The van der Waals surface area contributed by atoms with Crippen LogP contribution in [0.1, 0.15) is 51.4 Å². The number of rotatable bonds is 12. The van der Waals surface area contributed by atoms with Gasteiger partial charge in [-0.1, -0.05) is 83.9 Å². The predicted octanol–water partition coefficient (Wildman–Crippen LogP) is 7.32. The number of carboxylic acids is 1. The molecule has 0 spiro atoms. The van der Waals surface area contributed by atoms with Crippen molar-refractivity contribution in [3.8, 4) is 22.6 Å². The molecule has 2 bridgehead atoms. The number of carboxylic acid groups (broad SMARTS) is 1. The van der Waals surface area contributed by atoms with Crippen molar-refractivity contribution in [2.24, 2.45) is 5.92 Å². The smallest absolute Gasteiger partial charge is 0.415 e. The van der Waals surface area contributed by atoms with Crippen LogP contribution in [0.25, 0.3) is 11.1 Å². The normalized spacial score (nSPS) is 17.9. The Bertz CT molecular complexity index is 2220. The molecule has 0 saturated carbocycles. The van der Waals surface area contributed by atoms with E-state index in [1.165, 1.54) is 43.6 Å². The lowest BCUT2D eigenvalue weighted by Gasteiger charge is -2.44. The van der Waals surface area contributed by atoms with E-state index in [4.69, 9.17) is 37.4 Å². The quantitative estimate of drug-likeness (QED) is 0.103. The van der Waals surface area contributed by atoms with Crippen molar-refractivity contribution in [3.63, 3.8) is 0 Å². The molecule has 56 heavy (non-hydrogen) atoms. The first-order chi connectivity index (χ1) is 27.0. The van der Waals surface area contributed by atoms with Crippen LogP contribution < -0.4 is 24.2 Å². The number of carbonyl (C=O) groups excluding carboxylic acids is 2. The Labute approximate surface area is 334 Å². The van der Waals surface area contributed by atoms with Gasteiger partial charge >= 0.3 is 6.09 Å². The summed E-state index contributed by atoms with van der Waals surface area (Å²) in [7, 11) is 3.03. The molecule has 290 valence electrons. The summed E-state index contributed by atoms with van der Waals surface area (Å²) in [5.41, 5.74) is 3.58. The number of hydrogen-bond donors (Lipinski definition) is 1. The van der Waals surface area contributed by atoms with Crippen molar-refractivity contribution in [2.75, 3.05) is 38.8 Å². The van der Waals surface area contributed by atoms with Gasteiger partial charge in [0.1, 0.15) is 22.0 Å². The Morgan fingerprint density at radius 1 is 0.946 bits per heavy atom.